The molecule has 0 spiro atoms. The number of hydrogen-bond donors (Lipinski definition) is 0. The smallest absolute Gasteiger partial charge is 0.410 e. The van der Waals surface area contributed by atoms with Gasteiger partial charge in [0, 0.05) is 31.6 Å². The van der Waals surface area contributed by atoms with Crippen LogP contribution in [0.3, 0.4) is 0 Å². The highest BCUT2D eigenvalue weighted by molar-refractivity contribution is 7.90. The van der Waals surface area contributed by atoms with E-state index >= 15 is 0 Å². The van der Waals surface area contributed by atoms with E-state index in [4.69, 9.17) is 9.47 Å². The third-order valence-corrected chi connectivity index (χ3v) is 7.42. The lowest BCUT2D eigenvalue weighted by molar-refractivity contribution is -0.0143. The zero-order valence-corrected chi connectivity index (χ0v) is 20.9. The minimum Gasteiger partial charge on any atom is -0.444 e. The lowest BCUT2D eigenvalue weighted by atomic mass is 9.82. The second kappa shape index (κ2) is 10.1. The molecule has 1 saturated carbocycles. The molecule has 180 valence electrons. The largest absolute Gasteiger partial charge is 0.444 e. The molecule has 0 atom stereocenters. The molecule has 1 aromatic rings. The summed E-state index contributed by atoms with van der Waals surface area (Å²) < 4.78 is 35.2. The van der Waals surface area contributed by atoms with Crippen LogP contribution in [-0.2, 0) is 19.3 Å². The topological polar surface area (TPSA) is 85.8 Å². The van der Waals surface area contributed by atoms with Crippen LogP contribution in [0.2, 0.25) is 0 Å². The molecular weight excluding hydrogens is 428 g/mol. The highest BCUT2D eigenvalue weighted by atomic mass is 32.2. The standard InChI is InChI=1S/C24H38N2O5S/c1-17-21(10-11-22(25-17)32(5,28)29)19-6-8-20(9-7-19)30-16-18-12-14-26(15-13-18)23(27)31-24(2,3)4/h10-11,18-20H,6-9,12-16H2,1-5H3/t19-,20+. The van der Waals surface area contributed by atoms with E-state index in [1.54, 1.807) is 11.0 Å². The van der Waals surface area contributed by atoms with Crippen LogP contribution in [0, 0.1) is 12.8 Å². The average Bonchev–Trinajstić information content (AvgIpc) is 2.71. The van der Waals surface area contributed by atoms with Gasteiger partial charge in [0.25, 0.3) is 0 Å². The summed E-state index contributed by atoms with van der Waals surface area (Å²) in [6, 6.07) is 3.56. The highest BCUT2D eigenvalue weighted by Gasteiger charge is 2.29. The molecule has 1 aliphatic heterocycles. The van der Waals surface area contributed by atoms with Gasteiger partial charge in [-0.05, 0) is 89.7 Å². The van der Waals surface area contributed by atoms with Crippen LogP contribution < -0.4 is 0 Å². The van der Waals surface area contributed by atoms with Gasteiger partial charge in [-0.15, -0.1) is 0 Å². The van der Waals surface area contributed by atoms with E-state index < -0.39 is 15.4 Å². The van der Waals surface area contributed by atoms with E-state index in [9.17, 15) is 13.2 Å². The van der Waals surface area contributed by atoms with E-state index in [2.05, 4.69) is 4.98 Å². The number of hydrogen-bond acceptors (Lipinski definition) is 6. The summed E-state index contributed by atoms with van der Waals surface area (Å²) in [5.74, 6) is 0.898. The fourth-order valence-corrected chi connectivity index (χ4v) is 5.23. The fraction of sp³-hybridized carbons (Fsp3) is 0.750. The summed E-state index contributed by atoms with van der Waals surface area (Å²) in [4.78, 5) is 18.3. The maximum atomic E-state index is 12.2. The number of piperidine rings is 1. The maximum Gasteiger partial charge on any atom is 0.410 e. The molecule has 32 heavy (non-hydrogen) atoms. The minimum atomic E-state index is -3.28. The number of aromatic nitrogens is 1. The molecule has 0 N–H and O–H groups in total. The normalized spacial score (nSPS) is 23.2. The van der Waals surface area contributed by atoms with Gasteiger partial charge in [-0.3, -0.25) is 0 Å². The Labute approximate surface area is 192 Å². The van der Waals surface area contributed by atoms with Crippen molar-refractivity contribution in [2.45, 2.75) is 88.9 Å². The zero-order valence-electron chi connectivity index (χ0n) is 20.1. The summed E-state index contributed by atoms with van der Waals surface area (Å²) in [5, 5.41) is 0.147. The van der Waals surface area contributed by atoms with Gasteiger partial charge in [0.05, 0.1) is 6.10 Å². The Kier molecular flexibility index (Phi) is 7.86. The molecule has 1 aliphatic carbocycles. The van der Waals surface area contributed by atoms with E-state index in [-0.39, 0.29) is 17.2 Å². The predicted octanol–water partition coefficient (Wildman–Crippen LogP) is 4.48. The molecular formula is C24H38N2O5S. The van der Waals surface area contributed by atoms with Gasteiger partial charge in [0.1, 0.15) is 5.60 Å². The quantitative estimate of drug-likeness (QED) is 0.636. The number of aryl methyl sites for hydroxylation is 1. The Morgan fingerprint density at radius 1 is 1.09 bits per heavy atom. The molecule has 7 nitrogen and oxygen atoms in total. The predicted molar refractivity (Wildman–Crippen MR) is 124 cm³/mol. The monoisotopic (exact) mass is 466 g/mol. The SMILES string of the molecule is Cc1nc(S(C)(=O)=O)ccc1[C@H]1CC[C@@H](OCC2CCN(C(=O)OC(C)(C)C)CC2)CC1. The second-order valence-electron chi connectivity index (χ2n) is 10.3. The summed E-state index contributed by atoms with van der Waals surface area (Å²) in [5.41, 5.74) is 1.51. The maximum absolute atomic E-state index is 12.2. The van der Waals surface area contributed by atoms with E-state index in [0.29, 0.717) is 11.8 Å². The number of pyridine rings is 1. The van der Waals surface area contributed by atoms with Crippen molar-refractivity contribution < 1.29 is 22.7 Å². The molecule has 0 unspecified atom stereocenters. The second-order valence-corrected chi connectivity index (χ2v) is 12.3. The van der Waals surface area contributed by atoms with Gasteiger partial charge in [-0.25, -0.2) is 18.2 Å². The first-order valence-electron chi connectivity index (χ1n) is 11.7. The molecule has 8 heteroatoms. The fourth-order valence-electron chi connectivity index (χ4n) is 4.61. The van der Waals surface area contributed by atoms with Crippen LogP contribution >= 0.6 is 0 Å². The molecule has 0 aromatic carbocycles. The Hall–Kier alpha value is -1.67. The molecule has 2 aliphatic rings. The van der Waals surface area contributed by atoms with Crippen LogP contribution in [0.5, 0.6) is 0 Å². The molecule has 1 aromatic heterocycles. The van der Waals surface area contributed by atoms with Gasteiger partial charge in [0.2, 0.25) is 0 Å². The third kappa shape index (κ3) is 6.91. The molecule has 0 bridgehead atoms. The lowest BCUT2D eigenvalue weighted by Crippen LogP contribution is -2.42. The first kappa shape index (κ1) is 25.0. The number of amides is 1. The van der Waals surface area contributed by atoms with Crippen molar-refractivity contribution in [3.63, 3.8) is 0 Å². The molecule has 0 radical (unpaired) electrons. The average molecular weight is 467 g/mol. The van der Waals surface area contributed by atoms with Gasteiger partial charge < -0.3 is 14.4 Å². The number of ether oxygens (including phenoxy) is 2. The summed E-state index contributed by atoms with van der Waals surface area (Å²) in [7, 11) is -3.28. The zero-order chi connectivity index (χ0) is 23.5. The number of nitrogens with zero attached hydrogens (tertiary/aromatic N) is 2. The first-order chi connectivity index (χ1) is 14.9. The highest BCUT2D eigenvalue weighted by Crippen LogP contribution is 2.36. The van der Waals surface area contributed by atoms with Crippen LogP contribution in [0.15, 0.2) is 17.2 Å². The van der Waals surface area contributed by atoms with E-state index in [0.717, 1.165) is 69.5 Å². The number of likely N-dealkylation sites (tertiary alicyclic amines) is 1. The van der Waals surface area contributed by atoms with E-state index in [1.165, 1.54) is 6.26 Å². The van der Waals surface area contributed by atoms with Crippen molar-refractivity contribution in [1.29, 1.82) is 0 Å². The number of rotatable bonds is 5. The molecule has 3 rings (SSSR count). The number of carbonyl (C=O) groups is 1. The first-order valence-corrected chi connectivity index (χ1v) is 13.6. The Bertz CT molecular complexity index is 893. The van der Waals surface area contributed by atoms with Gasteiger partial charge in [-0.2, -0.15) is 0 Å². The van der Waals surface area contributed by atoms with Crippen molar-refractivity contribution in [2.75, 3.05) is 26.0 Å². The van der Waals surface area contributed by atoms with Crippen molar-refractivity contribution in [2.24, 2.45) is 5.92 Å². The molecule has 1 amide bonds. The molecule has 2 fully saturated rings. The van der Waals surface area contributed by atoms with Crippen LogP contribution in [-0.4, -0.2) is 62.1 Å². The van der Waals surface area contributed by atoms with Gasteiger partial charge in [0.15, 0.2) is 14.9 Å². The third-order valence-electron chi connectivity index (χ3n) is 6.43. The number of sulfone groups is 1. The Morgan fingerprint density at radius 3 is 2.25 bits per heavy atom. The van der Waals surface area contributed by atoms with Crippen molar-refractivity contribution in [3.8, 4) is 0 Å². The lowest BCUT2D eigenvalue weighted by Gasteiger charge is -2.35. The van der Waals surface area contributed by atoms with Crippen molar-refractivity contribution >= 4 is 15.9 Å². The molecule has 2 heterocycles. The minimum absolute atomic E-state index is 0.147. The van der Waals surface area contributed by atoms with Crippen LogP contribution in [0.25, 0.3) is 0 Å². The van der Waals surface area contributed by atoms with Gasteiger partial charge in [-0.1, -0.05) is 6.07 Å². The summed E-state index contributed by atoms with van der Waals surface area (Å²) in [6.07, 6.45) is 7.23. The van der Waals surface area contributed by atoms with E-state index in [1.807, 2.05) is 33.8 Å². The van der Waals surface area contributed by atoms with Crippen molar-refractivity contribution in [1.82, 2.24) is 9.88 Å². The number of carbonyl (C=O) groups excluding carboxylic acids is 1. The molecule has 1 saturated heterocycles. The Morgan fingerprint density at radius 2 is 1.72 bits per heavy atom. The van der Waals surface area contributed by atoms with Crippen LogP contribution in [0.4, 0.5) is 4.79 Å². The Balaban J connectivity index is 1.40. The van der Waals surface area contributed by atoms with Gasteiger partial charge >= 0.3 is 6.09 Å². The summed E-state index contributed by atoms with van der Waals surface area (Å²) >= 11 is 0. The van der Waals surface area contributed by atoms with Crippen molar-refractivity contribution in [3.05, 3.63) is 23.4 Å². The summed E-state index contributed by atoms with van der Waals surface area (Å²) in [6.45, 7) is 9.78. The van der Waals surface area contributed by atoms with Crippen LogP contribution in [0.1, 0.15) is 76.5 Å².